The van der Waals surface area contributed by atoms with Gasteiger partial charge in [0.25, 0.3) is 11.3 Å². The molecule has 9 nitrogen and oxygen atoms in total. The summed E-state index contributed by atoms with van der Waals surface area (Å²) in [5.74, 6) is 0.0219. The molecule has 9 heteroatoms. The number of carbonyl (C=O) groups excluding carboxylic acids is 1. The van der Waals surface area contributed by atoms with Gasteiger partial charge in [0.1, 0.15) is 17.8 Å². The summed E-state index contributed by atoms with van der Waals surface area (Å²) in [6.45, 7) is 7.51. The van der Waals surface area contributed by atoms with Crippen LogP contribution in [0.5, 0.6) is 5.75 Å². The van der Waals surface area contributed by atoms with Gasteiger partial charge in [0.15, 0.2) is 0 Å². The van der Waals surface area contributed by atoms with Crippen molar-refractivity contribution < 1.29 is 9.53 Å². The lowest BCUT2D eigenvalue weighted by atomic mass is 9.93. The van der Waals surface area contributed by atoms with Crippen LogP contribution < -0.4 is 10.3 Å². The van der Waals surface area contributed by atoms with Crippen molar-refractivity contribution in [1.82, 2.24) is 24.5 Å². The van der Waals surface area contributed by atoms with E-state index < -0.39 is 16.9 Å². The zero-order chi connectivity index (χ0) is 22.9. The summed E-state index contributed by atoms with van der Waals surface area (Å²) in [6, 6.07) is 14.1. The molecule has 0 unspecified atom stereocenters. The number of carbonyl (C=O) groups is 1. The number of aromatic nitrogens is 5. The molecular weight excluding hydrogens is 408 g/mol. The van der Waals surface area contributed by atoms with Crippen molar-refractivity contribution in [2.75, 3.05) is 0 Å². The molecule has 0 amide bonds. The van der Waals surface area contributed by atoms with Gasteiger partial charge in [-0.1, -0.05) is 51.1 Å². The highest BCUT2D eigenvalue weighted by Gasteiger charge is 2.24. The first-order valence-electron chi connectivity index (χ1n) is 10.0. The second-order valence-electron chi connectivity index (χ2n) is 8.28. The highest BCUT2D eigenvalue weighted by molar-refractivity contribution is 5.94. The molecule has 0 spiro atoms. The number of hydrogen-bond acceptors (Lipinski definition) is 7. The maximum Gasteiger partial charge on any atom is 0.343 e. The van der Waals surface area contributed by atoms with E-state index >= 15 is 0 Å². The second-order valence-corrected chi connectivity index (χ2v) is 8.28. The Labute approximate surface area is 184 Å². The summed E-state index contributed by atoms with van der Waals surface area (Å²) in [5, 5.41) is 16.4. The molecule has 0 aliphatic rings. The Morgan fingerprint density at radius 3 is 2.56 bits per heavy atom. The van der Waals surface area contributed by atoms with Gasteiger partial charge in [0.2, 0.25) is 0 Å². The number of nitrogens with zero attached hydrogens (tertiary/aromatic N) is 6. The SMILES string of the molecule is Cc1ccccc1C(=O)Oc1ccccc1C=Nn1c(=O)c(C(C)(C)C)nn2cnnc12. The van der Waals surface area contributed by atoms with Gasteiger partial charge >= 0.3 is 5.97 Å². The molecule has 0 saturated heterocycles. The van der Waals surface area contributed by atoms with E-state index in [4.69, 9.17) is 4.74 Å². The first-order valence-corrected chi connectivity index (χ1v) is 10.0. The minimum Gasteiger partial charge on any atom is -0.422 e. The molecule has 0 radical (unpaired) electrons. The van der Waals surface area contributed by atoms with E-state index in [2.05, 4.69) is 20.4 Å². The highest BCUT2D eigenvalue weighted by Crippen LogP contribution is 2.20. The monoisotopic (exact) mass is 430 g/mol. The van der Waals surface area contributed by atoms with Gasteiger partial charge in [-0.25, -0.2) is 4.79 Å². The molecule has 2 aromatic carbocycles. The van der Waals surface area contributed by atoms with Gasteiger partial charge < -0.3 is 4.74 Å². The molecule has 0 N–H and O–H groups in total. The van der Waals surface area contributed by atoms with Crippen molar-refractivity contribution in [1.29, 1.82) is 0 Å². The zero-order valence-electron chi connectivity index (χ0n) is 18.2. The minimum atomic E-state index is -0.506. The molecule has 0 aliphatic heterocycles. The van der Waals surface area contributed by atoms with E-state index in [0.29, 0.717) is 22.6 Å². The van der Waals surface area contributed by atoms with Crippen molar-refractivity contribution in [3.63, 3.8) is 0 Å². The predicted octanol–water partition coefficient (Wildman–Crippen LogP) is 2.99. The molecule has 4 aromatic rings. The lowest BCUT2D eigenvalue weighted by Crippen LogP contribution is -2.33. The van der Waals surface area contributed by atoms with Gasteiger partial charge in [0, 0.05) is 11.0 Å². The van der Waals surface area contributed by atoms with Gasteiger partial charge in [-0.05, 0) is 30.7 Å². The molecule has 0 fully saturated rings. The van der Waals surface area contributed by atoms with E-state index in [1.165, 1.54) is 17.1 Å². The number of aryl methyl sites for hydroxylation is 1. The molecule has 0 bridgehead atoms. The summed E-state index contributed by atoms with van der Waals surface area (Å²) in [4.78, 5) is 25.7. The number of benzene rings is 2. The molecule has 32 heavy (non-hydrogen) atoms. The van der Waals surface area contributed by atoms with Crippen LogP contribution in [0.2, 0.25) is 0 Å². The van der Waals surface area contributed by atoms with E-state index in [1.807, 2.05) is 39.8 Å². The summed E-state index contributed by atoms with van der Waals surface area (Å²) in [7, 11) is 0. The minimum absolute atomic E-state index is 0.175. The third-order valence-corrected chi connectivity index (χ3v) is 4.81. The highest BCUT2D eigenvalue weighted by atomic mass is 16.5. The summed E-state index contributed by atoms with van der Waals surface area (Å²) in [5.41, 5.74) is 1.23. The first kappa shape index (κ1) is 21.1. The van der Waals surface area contributed by atoms with Crippen LogP contribution in [-0.2, 0) is 5.41 Å². The van der Waals surface area contributed by atoms with E-state index in [0.717, 1.165) is 10.2 Å². The summed E-state index contributed by atoms with van der Waals surface area (Å²) < 4.78 is 8.16. The number of esters is 1. The second kappa shape index (κ2) is 8.18. The third kappa shape index (κ3) is 4.04. The zero-order valence-corrected chi connectivity index (χ0v) is 18.2. The third-order valence-electron chi connectivity index (χ3n) is 4.81. The molecule has 4 rings (SSSR count). The largest absolute Gasteiger partial charge is 0.422 e. The van der Waals surface area contributed by atoms with Gasteiger partial charge in [-0.15, -0.1) is 10.2 Å². The molecule has 0 saturated carbocycles. The number of rotatable bonds is 4. The van der Waals surface area contributed by atoms with Crippen LogP contribution in [0.25, 0.3) is 5.78 Å². The Hall–Kier alpha value is -4.14. The number of ether oxygens (including phenoxy) is 1. The van der Waals surface area contributed by atoms with Crippen LogP contribution >= 0.6 is 0 Å². The lowest BCUT2D eigenvalue weighted by Gasteiger charge is -2.16. The average Bonchev–Trinajstić information content (AvgIpc) is 3.21. The predicted molar refractivity (Wildman–Crippen MR) is 119 cm³/mol. The van der Waals surface area contributed by atoms with Crippen molar-refractivity contribution in [3.8, 4) is 5.75 Å². The van der Waals surface area contributed by atoms with Crippen LogP contribution in [0.3, 0.4) is 0 Å². The Morgan fingerprint density at radius 2 is 1.81 bits per heavy atom. The quantitative estimate of drug-likeness (QED) is 0.280. The molecule has 162 valence electrons. The first-order chi connectivity index (χ1) is 15.3. The number of hydrogen-bond donors (Lipinski definition) is 0. The van der Waals surface area contributed by atoms with Gasteiger partial charge in [-0.3, -0.25) is 4.79 Å². The summed E-state index contributed by atoms with van der Waals surface area (Å²) in [6.07, 6.45) is 2.86. The molecule has 2 aromatic heterocycles. The molecule has 0 atom stereocenters. The molecular formula is C23H22N6O3. The average molecular weight is 430 g/mol. The van der Waals surface area contributed by atoms with Crippen LogP contribution in [0, 0.1) is 6.92 Å². The number of fused-ring (bicyclic) bond motifs is 1. The Bertz CT molecular complexity index is 1390. The Balaban J connectivity index is 1.73. The fraction of sp³-hybridized carbons (Fsp3) is 0.217. The topological polar surface area (TPSA) is 104 Å². The van der Waals surface area contributed by atoms with Crippen molar-refractivity contribution in [2.45, 2.75) is 33.1 Å². The van der Waals surface area contributed by atoms with Crippen molar-refractivity contribution in [2.24, 2.45) is 5.10 Å². The molecule has 2 heterocycles. The fourth-order valence-electron chi connectivity index (χ4n) is 3.11. The van der Waals surface area contributed by atoms with Gasteiger partial charge in [0.05, 0.1) is 11.8 Å². The molecule has 0 aliphatic carbocycles. The van der Waals surface area contributed by atoms with Crippen molar-refractivity contribution in [3.05, 3.63) is 87.6 Å². The Morgan fingerprint density at radius 1 is 1.09 bits per heavy atom. The van der Waals surface area contributed by atoms with E-state index in [9.17, 15) is 9.59 Å². The maximum atomic E-state index is 13.1. The van der Waals surface area contributed by atoms with Crippen molar-refractivity contribution >= 4 is 18.0 Å². The van der Waals surface area contributed by atoms with Crippen LogP contribution in [0.15, 0.2) is 64.8 Å². The van der Waals surface area contributed by atoms with E-state index in [1.54, 1.807) is 36.4 Å². The lowest BCUT2D eigenvalue weighted by molar-refractivity contribution is 0.0733. The standard InChI is InChI=1S/C23H22N6O3/c1-15-9-5-7-11-17(15)21(31)32-18-12-8-6-10-16(18)13-25-29-20(30)19(23(2,3)4)27-28-14-24-26-22(28)29/h5-14H,1-4H3. The fourth-order valence-corrected chi connectivity index (χ4v) is 3.11. The van der Waals surface area contributed by atoms with Crippen LogP contribution in [0.1, 0.15) is 48.0 Å². The van der Waals surface area contributed by atoms with Crippen LogP contribution in [-0.4, -0.2) is 36.7 Å². The van der Waals surface area contributed by atoms with Crippen LogP contribution in [0.4, 0.5) is 0 Å². The maximum absolute atomic E-state index is 13.1. The normalized spacial score (nSPS) is 11.9. The Kier molecular flexibility index (Phi) is 5.40. The number of para-hydroxylation sites is 1. The smallest absolute Gasteiger partial charge is 0.343 e. The van der Waals surface area contributed by atoms with Gasteiger partial charge in [-0.2, -0.15) is 19.4 Å². The van der Waals surface area contributed by atoms with E-state index in [-0.39, 0.29) is 5.78 Å². The summed E-state index contributed by atoms with van der Waals surface area (Å²) >= 11 is 0.